The molecule has 1 unspecified atom stereocenters. The van der Waals surface area contributed by atoms with Crippen molar-refractivity contribution < 1.29 is 5.11 Å². The molecule has 20 heavy (non-hydrogen) atoms. The summed E-state index contributed by atoms with van der Waals surface area (Å²) in [6, 6.07) is 15.7. The first-order chi connectivity index (χ1) is 9.83. The molecular weight excluding hydrogens is 248 g/mol. The maximum Gasteiger partial charge on any atom is 0.0704 e. The van der Waals surface area contributed by atoms with Gasteiger partial charge in [0.2, 0.25) is 0 Å². The van der Waals surface area contributed by atoms with Gasteiger partial charge in [-0.2, -0.15) is 0 Å². The Morgan fingerprint density at radius 2 is 1.70 bits per heavy atom. The number of aliphatic hydroxyl groups excluding tert-OH is 1. The molecule has 1 aromatic carbocycles. The number of nitrogens with zero attached hydrogens (tertiary/aromatic N) is 2. The minimum atomic E-state index is -0.435. The Morgan fingerprint density at radius 3 is 2.55 bits per heavy atom. The zero-order valence-electron chi connectivity index (χ0n) is 11.1. The fourth-order valence-corrected chi connectivity index (χ4v) is 2.42. The first-order valence-corrected chi connectivity index (χ1v) is 6.73. The molecule has 0 saturated heterocycles. The quantitative estimate of drug-likeness (QED) is 0.788. The highest BCUT2D eigenvalue weighted by Gasteiger charge is 2.10. The number of hydrogen-bond donors (Lipinski definition) is 1. The molecule has 0 spiro atoms. The van der Waals surface area contributed by atoms with Crippen LogP contribution in [0.4, 0.5) is 0 Å². The van der Waals surface area contributed by atoms with E-state index in [4.69, 9.17) is 0 Å². The van der Waals surface area contributed by atoms with Crippen molar-refractivity contribution in [2.75, 3.05) is 0 Å². The zero-order chi connectivity index (χ0) is 13.8. The SMILES string of the molecule is OC(Cc1ccccn1)Cc1ccnc2ccccc12. The van der Waals surface area contributed by atoms with Gasteiger partial charge in [0.1, 0.15) is 0 Å². The van der Waals surface area contributed by atoms with E-state index in [0.29, 0.717) is 12.8 Å². The van der Waals surface area contributed by atoms with Gasteiger partial charge in [0, 0.05) is 29.9 Å². The Morgan fingerprint density at radius 1 is 0.850 bits per heavy atom. The van der Waals surface area contributed by atoms with Crippen molar-refractivity contribution in [2.45, 2.75) is 18.9 Å². The standard InChI is InChI=1S/C17H16N2O/c20-15(12-14-5-3-4-9-18-14)11-13-8-10-19-17-7-2-1-6-16(13)17/h1-10,15,20H,11-12H2. The van der Waals surface area contributed by atoms with E-state index < -0.39 is 6.10 Å². The number of aliphatic hydroxyl groups is 1. The van der Waals surface area contributed by atoms with E-state index >= 15 is 0 Å². The van der Waals surface area contributed by atoms with Crippen LogP contribution < -0.4 is 0 Å². The minimum absolute atomic E-state index is 0.435. The summed E-state index contributed by atoms with van der Waals surface area (Å²) >= 11 is 0. The molecule has 0 aliphatic carbocycles. The smallest absolute Gasteiger partial charge is 0.0704 e. The lowest BCUT2D eigenvalue weighted by Crippen LogP contribution is -2.15. The van der Waals surface area contributed by atoms with Crippen molar-refractivity contribution in [1.82, 2.24) is 9.97 Å². The van der Waals surface area contributed by atoms with Gasteiger partial charge in [-0.25, -0.2) is 0 Å². The number of rotatable bonds is 4. The van der Waals surface area contributed by atoms with E-state index in [1.165, 1.54) is 0 Å². The van der Waals surface area contributed by atoms with Gasteiger partial charge in [0.25, 0.3) is 0 Å². The third kappa shape index (κ3) is 2.83. The molecule has 2 heterocycles. The highest BCUT2D eigenvalue weighted by molar-refractivity contribution is 5.81. The van der Waals surface area contributed by atoms with Gasteiger partial charge in [0.15, 0.2) is 0 Å². The lowest BCUT2D eigenvalue weighted by atomic mass is 10.0. The van der Waals surface area contributed by atoms with E-state index in [0.717, 1.165) is 22.2 Å². The van der Waals surface area contributed by atoms with E-state index in [9.17, 15) is 5.11 Å². The number of benzene rings is 1. The van der Waals surface area contributed by atoms with Crippen LogP contribution in [0.1, 0.15) is 11.3 Å². The van der Waals surface area contributed by atoms with Crippen LogP contribution >= 0.6 is 0 Å². The maximum absolute atomic E-state index is 10.3. The monoisotopic (exact) mass is 264 g/mol. The van der Waals surface area contributed by atoms with Crippen molar-refractivity contribution in [3.05, 3.63) is 72.2 Å². The van der Waals surface area contributed by atoms with Crippen LogP contribution in [0.15, 0.2) is 60.9 Å². The predicted octanol–water partition coefficient (Wildman–Crippen LogP) is 2.78. The van der Waals surface area contributed by atoms with E-state index in [1.54, 1.807) is 12.4 Å². The number of hydrogen-bond acceptors (Lipinski definition) is 3. The average Bonchev–Trinajstić information content (AvgIpc) is 2.48. The number of pyridine rings is 2. The Bertz CT molecular complexity index is 692. The second-order valence-electron chi connectivity index (χ2n) is 4.87. The summed E-state index contributed by atoms with van der Waals surface area (Å²) in [5.74, 6) is 0. The van der Waals surface area contributed by atoms with E-state index in [2.05, 4.69) is 9.97 Å². The summed E-state index contributed by atoms with van der Waals surface area (Å²) in [6.45, 7) is 0. The largest absolute Gasteiger partial charge is 0.392 e. The van der Waals surface area contributed by atoms with Crippen LogP contribution in [0, 0.1) is 0 Å². The van der Waals surface area contributed by atoms with Gasteiger partial charge in [-0.1, -0.05) is 24.3 Å². The summed E-state index contributed by atoms with van der Waals surface area (Å²) < 4.78 is 0. The Hall–Kier alpha value is -2.26. The van der Waals surface area contributed by atoms with E-state index in [1.807, 2.05) is 48.5 Å². The number of aromatic nitrogens is 2. The van der Waals surface area contributed by atoms with Gasteiger partial charge >= 0.3 is 0 Å². The van der Waals surface area contributed by atoms with Crippen molar-refractivity contribution in [2.24, 2.45) is 0 Å². The predicted molar refractivity (Wildman–Crippen MR) is 79.4 cm³/mol. The Labute approximate surface area is 117 Å². The lowest BCUT2D eigenvalue weighted by Gasteiger charge is -2.12. The number of fused-ring (bicyclic) bond motifs is 1. The topological polar surface area (TPSA) is 46.0 Å². The van der Waals surface area contributed by atoms with Gasteiger partial charge < -0.3 is 5.11 Å². The Kier molecular flexibility index (Phi) is 3.70. The van der Waals surface area contributed by atoms with Gasteiger partial charge in [-0.15, -0.1) is 0 Å². The molecule has 0 aliphatic heterocycles. The molecule has 0 radical (unpaired) electrons. The molecule has 0 aliphatic rings. The molecule has 3 rings (SSSR count). The molecule has 3 heteroatoms. The van der Waals surface area contributed by atoms with Gasteiger partial charge in [-0.3, -0.25) is 9.97 Å². The van der Waals surface area contributed by atoms with Gasteiger partial charge in [0.05, 0.1) is 11.6 Å². The zero-order valence-corrected chi connectivity index (χ0v) is 11.1. The van der Waals surface area contributed by atoms with Crippen LogP contribution in [0.5, 0.6) is 0 Å². The van der Waals surface area contributed by atoms with Crippen LogP contribution in [0.2, 0.25) is 0 Å². The first-order valence-electron chi connectivity index (χ1n) is 6.73. The molecule has 3 nitrogen and oxygen atoms in total. The molecular formula is C17H16N2O. The lowest BCUT2D eigenvalue weighted by molar-refractivity contribution is 0.174. The van der Waals surface area contributed by atoms with E-state index in [-0.39, 0.29) is 0 Å². The van der Waals surface area contributed by atoms with Crippen LogP contribution in [-0.4, -0.2) is 21.2 Å². The summed E-state index contributed by atoms with van der Waals surface area (Å²) in [5.41, 5.74) is 3.01. The Balaban J connectivity index is 1.79. The molecule has 3 aromatic rings. The third-order valence-electron chi connectivity index (χ3n) is 3.37. The third-order valence-corrected chi connectivity index (χ3v) is 3.37. The maximum atomic E-state index is 10.3. The van der Waals surface area contributed by atoms with Crippen molar-refractivity contribution in [3.8, 4) is 0 Å². The molecule has 0 saturated carbocycles. The summed E-state index contributed by atoms with van der Waals surface area (Å²) in [4.78, 5) is 8.59. The van der Waals surface area contributed by atoms with Crippen molar-refractivity contribution in [3.63, 3.8) is 0 Å². The van der Waals surface area contributed by atoms with Crippen LogP contribution in [0.25, 0.3) is 10.9 Å². The van der Waals surface area contributed by atoms with Gasteiger partial charge in [-0.05, 0) is 36.2 Å². The molecule has 0 fully saturated rings. The normalized spacial score (nSPS) is 12.4. The summed E-state index contributed by atoms with van der Waals surface area (Å²) in [6.07, 6.45) is 4.29. The van der Waals surface area contributed by atoms with Crippen LogP contribution in [0.3, 0.4) is 0 Å². The average molecular weight is 264 g/mol. The summed E-state index contributed by atoms with van der Waals surface area (Å²) in [7, 11) is 0. The second kappa shape index (κ2) is 5.80. The molecule has 1 atom stereocenters. The molecule has 2 aromatic heterocycles. The van der Waals surface area contributed by atoms with Crippen molar-refractivity contribution in [1.29, 1.82) is 0 Å². The molecule has 0 bridgehead atoms. The summed E-state index contributed by atoms with van der Waals surface area (Å²) in [5, 5.41) is 11.4. The molecule has 1 N–H and O–H groups in total. The molecule has 100 valence electrons. The first kappa shape index (κ1) is 12.8. The fourth-order valence-electron chi connectivity index (χ4n) is 2.42. The highest BCUT2D eigenvalue weighted by Crippen LogP contribution is 2.18. The van der Waals surface area contributed by atoms with Crippen molar-refractivity contribution >= 4 is 10.9 Å². The second-order valence-corrected chi connectivity index (χ2v) is 4.87. The van der Waals surface area contributed by atoms with Crippen LogP contribution in [-0.2, 0) is 12.8 Å². The highest BCUT2D eigenvalue weighted by atomic mass is 16.3. The number of para-hydroxylation sites is 1. The minimum Gasteiger partial charge on any atom is -0.392 e. The molecule has 0 amide bonds. The fraction of sp³-hybridized carbons (Fsp3) is 0.176.